The van der Waals surface area contributed by atoms with Crippen molar-refractivity contribution in [3.8, 4) is 11.4 Å². The lowest BCUT2D eigenvalue weighted by Gasteiger charge is -2.19. The van der Waals surface area contributed by atoms with Gasteiger partial charge in [-0.05, 0) is 57.0 Å². The van der Waals surface area contributed by atoms with Gasteiger partial charge in [0.2, 0.25) is 0 Å². The van der Waals surface area contributed by atoms with Crippen LogP contribution < -0.4 is 4.74 Å². The molecular weight excluding hydrogens is 378 g/mol. The van der Waals surface area contributed by atoms with Crippen LogP contribution in [0.2, 0.25) is 0 Å². The van der Waals surface area contributed by atoms with Gasteiger partial charge >= 0.3 is 11.9 Å². The number of fused-ring (bicyclic) bond motifs is 1. The molecule has 0 spiro atoms. The molecule has 156 valence electrons. The first-order valence-corrected chi connectivity index (χ1v) is 10.7. The van der Waals surface area contributed by atoms with E-state index in [0.29, 0.717) is 17.9 Å². The average molecular weight is 405 g/mol. The summed E-state index contributed by atoms with van der Waals surface area (Å²) >= 11 is 0. The third-order valence-electron chi connectivity index (χ3n) is 5.83. The molecule has 5 nitrogen and oxygen atoms in total. The number of rotatable bonds is 5. The third kappa shape index (κ3) is 3.84. The van der Waals surface area contributed by atoms with Gasteiger partial charge in [0.25, 0.3) is 0 Å². The van der Waals surface area contributed by atoms with Crippen LogP contribution in [-0.2, 0) is 9.53 Å². The molecule has 0 unspecified atom stereocenters. The van der Waals surface area contributed by atoms with Crippen LogP contribution in [0.3, 0.4) is 0 Å². The molecule has 1 aliphatic rings. The van der Waals surface area contributed by atoms with Crippen molar-refractivity contribution >= 4 is 22.8 Å². The Kier molecular flexibility index (Phi) is 5.88. The first kappa shape index (κ1) is 20.2. The lowest BCUT2D eigenvalue weighted by Crippen LogP contribution is -2.22. The highest BCUT2D eigenvalue weighted by molar-refractivity contribution is 6.07. The summed E-state index contributed by atoms with van der Waals surface area (Å²) in [6.45, 7) is 4.00. The molecule has 5 heteroatoms. The first-order valence-electron chi connectivity index (χ1n) is 10.7. The van der Waals surface area contributed by atoms with E-state index in [-0.39, 0.29) is 17.9 Å². The number of nitrogens with zero attached hydrogens (tertiary/aromatic N) is 1. The molecule has 0 amide bonds. The minimum absolute atomic E-state index is 0.0328. The van der Waals surface area contributed by atoms with E-state index in [1.165, 1.54) is 6.42 Å². The van der Waals surface area contributed by atoms with Crippen molar-refractivity contribution in [3.05, 3.63) is 59.8 Å². The van der Waals surface area contributed by atoms with E-state index in [1.807, 2.05) is 47.9 Å². The molecule has 1 aromatic heterocycles. The van der Waals surface area contributed by atoms with E-state index in [2.05, 4.69) is 0 Å². The van der Waals surface area contributed by atoms with Crippen LogP contribution in [0.1, 0.15) is 55.1 Å². The molecule has 0 aliphatic heterocycles. The van der Waals surface area contributed by atoms with Crippen LogP contribution in [0.5, 0.6) is 5.75 Å². The maximum atomic E-state index is 12.8. The topological polar surface area (TPSA) is 57.5 Å². The number of carbonyl (C=O) groups is 2. The monoisotopic (exact) mass is 405 g/mol. The second-order valence-electron chi connectivity index (χ2n) is 7.79. The lowest BCUT2D eigenvalue weighted by atomic mass is 9.89. The van der Waals surface area contributed by atoms with Gasteiger partial charge in [0.05, 0.1) is 23.6 Å². The molecule has 0 radical (unpaired) electrons. The Bertz CT molecular complexity index is 1060. The maximum Gasteiger partial charge on any atom is 0.340 e. The number of hydrogen-bond acceptors (Lipinski definition) is 4. The molecule has 1 heterocycles. The second kappa shape index (κ2) is 8.74. The summed E-state index contributed by atoms with van der Waals surface area (Å²) in [6, 6.07) is 15.4. The fourth-order valence-corrected chi connectivity index (χ4v) is 4.37. The Labute approximate surface area is 176 Å². The number of ether oxygens (including phenoxy) is 2. The van der Waals surface area contributed by atoms with Gasteiger partial charge in [-0.25, -0.2) is 4.79 Å². The van der Waals surface area contributed by atoms with Gasteiger partial charge in [-0.3, -0.25) is 4.79 Å². The summed E-state index contributed by atoms with van der Waals surface area (Å²) in [4.78, 5) is 25.4. The van der Waals surface area contributed by atoms with E-state index >= 15 is 0 Å². The zero-order valence-corrected chi connectivity index (χ0v) is 17.5. The second-order valence-corrected chi connectivity index (χ2v) is 7.79. The van der Waals surface area contributed by atoms with Crippen molar-refractivity contribution in [2.45, 2.75) is 46.0 Å². The van der Waals surface area contributed by atoms with Gasteiger partial charge in [-0.2, -0.15) is 0 Å². The smallest absolute Gasteiger partial charge is 0.340 e. The van der Waals surface area contributed by atoms with Gasteiger partial charge in [-0.15, -0.1) is 0 Å². The van der Waals surface area contributed by atoms with Crippen molar-refractivity contribution in [1.29, 1.82) is 0 Å². The van der Waals surface area contributed by atoms with Crippen molar-refractivity contribution in [2.24, 2.45) is 5.92 Å². The molecule has 0 N–H and O–H groups in total. The fourth-order valence-electron chi connectivity index (χ4n) is 4.37. The molecule has 0 bridgehead atoms. The van der Waals surface area contributed by atoms with E-state index in [4.69, 9.17) is 9.47 Å². The van der Waals surface area contributed by atoms with Crippen LogP contribution in [0.15, 0.2) is 48.5 Å². The number of esters is 2. The zero-order valence-electron chi connectivity index (χ0n) is 17.5. The van der Waals surface area contributed by atoms with E-state index in [1.54, 1.807) is 19.1 Å². The predicted octanol–water partition coefficient (Wildman–Crippen LogP) is 5.60. The molecule has 4 rings (SSSR count). The Balaban J connectivity index is 1.77. The van der Waals surface area contributed by atoms with Crippen LogP contribution in [0.25, 0.3) is 16.6 Å². The molecule has 1 fully saturated rings. The highest BCUT2D eigenvalue weighted by Crippen LogP contribution is 2.33. The lowest BCUT2D eigenvalue weighted by molar-refractivity contribution is -0.139. The van der Waals surface area contributed by atoms with E-state index < -0.39 is 0 Å². The van der Waals surface area contributed by atoms with Crippen LogP contribution in [0, 0.1) is 12.8 Å². The average Bonchev–Trinajstić information content (AvgIpc) is 3.06. The standard InChI is InChI=1S/C25H27NO4/c1-3-29-25(28)23-17(2)26(19-12-8-5-9-13-19)22-15-14-20(16-21(22)23)30-24(27)18-10-6-4-7-11-18/h5,8-9,12-16,18H,3-4,6-7,10-11H2,1-2H3. The summed E-state index contributed by atoms with van der Waals surface area (Å²) in [5.74, 6) is -0.111. The summed E-state index contributed by atoms with van der Waals surface area (Å²) in [6.07, 6.45) is 5.11. The zero-order chi connectivity index (χ0) is 21.1. The molecule has 1 saturated carbocycles. The number of hydrogen-bond donors (Lipinski definition) is 0. The molecule has 0 atom stereocenters. The highest BCUT2D eigenvalue weighted by atomic mass is 16.5. The number of benzene rings is 2. The Morgan fingerprint density at radius 3 is 2.47 bits per heavy atom. The predicted molar refractivity (Wildman–Crippen MR) is 116 cm³/mol. The van der Waals surface area contributed by atoms with Crippen molar-refractivity contribution in [3.63, 3.8) is 0 Å². The normalized spacial score (nSPS) is 14.6. The Hall–Kier alpha value is -3.08. The SMILES string of the molecule is CCOC(=O)c1c(C)n(-c2ccccc2)c2ccc(OC(=O)C3CCCCC3)cc12. The molecule has 0 saturated heterocycles. The molecule has 30 heavy (non-hydrogen) atoms. The van der Waals surface area contributed by atoms with E-state index in [9.17, 15) is 9.59 Å². The van der Waals surface area contributed by atoms with Gasteiger partial charge < -0.3 is 14.0 Å². The maximum absolute atomic E-state index is 12.8. The third-order valence-corrected chi connectivity index (χ3v) is 5.83. The van der Waals surface area contributed by atoms with Crippen LogP contribution >= 0.6 is 0 Å². The summed E-state index contributed by atoms with van der Waals surface area (Å²) in [5.41, 5.74) is 3.14. The molecule has 2 aromatic carbocycles. The number of para-hydroxylation sites is 1. The van der Waals surface area contributed by atoms with Crippen LogP contribution in [-0.4, -0.2) is 23.1 Å². The number of carbonyl (C=O) groups excluding carboxylic acids is 2. The summed E-state index contributed by atoms with van der Waals surface area (Å²) < 4.78 is 13.1. The van der Waals surface area contributed by atoms with Gasteiger partial charge in [-0.1, -0.05) is 37.5 Å². The summed E-state index contributed by atoms with van der Waals surface area (Å²) in [5, 5.41) is 0.726. The van der Waals surface area contributed by atoms with Gasteiger partial charge in [0.15, 0.2) is 0 Å². The Morgan fingerprint density at radius 2 is 1.77 bits per heavy atom. The largest absolute Gasteiger partial charge is 0.462 e. The van der Waals surface area contributed by atoms with Gasteiger partial charge in [0, 0.05) is 16.8 Å². The quantitative estimate of drug-likeness (QED) is 0.409. The minimum Gasteiger partial charge on any atom is -0.462 e. The highest BCUT2D eigenvalue weighted by Gasteiger charge is 2.25. The minimum atomic E-state index is -0.370. The first-order chi connectivity index (χ1) is 14.6. The van der Waals surface area contributed by atoms with Gasteiger partial charge in [0.1, 0.15) is 5.75 Å². The summed E-state index contributed by atoms with van der Waals surface area (Å²) in [7, 11) is 0. The molecule has 1 aliphatic carbocycles. The molecule has 3 aromatic rings. The fraction of sp³-hybridized carbons (Fsp3) is 0.360. The number of aromatic nitrogens is 1. The van der Waals surface area contributed by atoms with Crippen molar-refractivity contribution in [2.75, 3.05) is 6.61 Å². The van der Waals surface area contributed by atoms with E-state index in [0.717, 1.165) is 48.0 Å². The van der Waals surface area contributed by atoms with Crippen molar-refractivity contribution < 1.29 is 19.1 Å². The van der Waals surface area contributed by atoms with Crippen LogP contribution in [0.4, 0.5) is 0 Å². The molecular formula is C25H27NO4. The Morgan fingerprint density at radius 1 is 1.03 bits per heavy atom. The van der Waals surface area contributed by atoms with Crippen molar-refractivity contribution in [1.82, 2.24) is 4.57 Å².